The van der Waals surface area contributed by atoms with Crippen LogP contribution in [0.1, 0.15) is 69.8 Å². The van der Waals surface area contributed by atoms with E-state index in [1.807, 2.05) is 18.2 Å². The Hall–Kier alpha value is -2.38. The van der Waals surface area contributed by atoms with Crippen molar-refractivity contribution in [3.63, 3.8) is 0 Å². The lowest BCUT2D eigenvalue weighted by molar-refractivity contribution is -0.114. The highest BCUT2D eigenvalue weighted by Crippen LogP contribution is 2.67. The minimum atomic E-state index is -0.948. The van der Waals surface area contributed by atoms with E-state index in [0.717, 1.165) is 37.7 Å². The van der Waals surface area contributed by atoms with Crippen LogP contribution in [-0.2, 0) is 4.79 Å². The molecule has 0 spiro atoms. The summed E-state index contributed by atoms with van der Waals surface area (Å²) in [5.74, 6) is 1.38. The zero-order valence-corrected chi connectivity index (χ0v) is 17.5. The van der Waals surface area contributed by atoms with Crippen LogP contribution in [0.25, 0.3) is 0 Å². The molecule has 5 atom stereocenters. The van der Waals surface area contributed by atoms with Gasteiger partial charge in [0, 0.05) is 17.8 Å². The molecular formula is C26H29NO3. The van der Waals surface area contributed by atoms with E-state index in [0.29, 0.717) is 24.7 Å². The van der Waals surface area contributed by atoms with Gasteiger partial charge in [-0.3, -0.25) is 4.79 Å². The number of hydrogen-bond donors (Lipinski definition) is 2. The van der Waals surface area contributed by atoms with Crippen LogP contribution in [-0.4, -0.2) is 21.6 Å². The predicted molar refractivity (Wildman–Crippen MR) is 114 cm³/mol. The van der Waals surface area contributed by atoms with E-state index in [4.69, 9.17) is 0 Å². The van der Waals surface area contributed by atoms with Crippen LogP contribution in [0.3, 0.4) is 0 Å². The van der Waals surface area contributed by atoms with Crippen molar-refractivity contribution in [1.82, 2.24) is 0 Å². The largest absolute Gasteiger partial charge is 0.508 e. The van der Waals surface area contributed by atoms with Crippen LogP contribution in [0.5, 0.6) is 5.75 Å². The number of ketones is 1. The van der Waals surface area contributed by atoms with Gasteiger partial charge >= 0.3 is 0 Å². The number of phenols is 1. The van der Waals surface area contributed by atoms with E-state index >= 15 is 0 Å². The Balaban J connectivity index is 1.68. The van der Waals surface area contributed by atoms with Crippen molar-refractivity contribution < 1.29 is 15.0 Å². The van der Waals surface area contributed by atoms with Gasteiger partial charge in [-0.15, -0.1) is 0 Å². The highest BCUT2D eigenvalue weighted by atomic mass is 16.3. The summed E-state index contributed by atoms with van der Waals surface area (Å²) in [6.45, 7) is 2.20. The number of aromatic hydroxyl groups is 1. The molecule has 1 aromatic rings. The van der Waals surface area contributed by atoms with Crippen molar-refractivity contribution in [2.45, 2.75) is 69.8 Å². The van der Waals surface area contributed by atoms with Crippen LogP contribution < -0.4 is 0 Å². The fourth-order valence-electron chi connectivity index (χ4n) is 7.18. The lowest BCUT2D eigenvalue weighted by Gasteiger charge is -2.54. The minimum absolute atomic E-state index is 0.145. The number of fused-ring (bicyclic) bond motifs is 4. The number of rotatable bonds is 2. The van der Waals surface area contributed by atoms with E-state index in [1.165, 1.54) is 16.7 Å². The van der Waals surface area contributed by atoms with E-state index in [2.05, 4.69) is 13.0 Å². The van der Waals surface area contributed by atoms with Gasteiger partial charge in [-0.05, 0) is 85.3 Å². The van der Waals surface area contributed by atoms with E-state index in [9.17, 15) is 20.3 Å². The zero-order valence-electron chi connectivity index (χ0n) is 17.5. The van der Waals surface area contributed by atoms with Crippen LogP contribution >= 0.6 is 0 Å². The van der Waals surface area contributed by atoms with Crippen molar-refractivity contribution in [1.29, 1.82) is 5.26 Å². The first kappa shape index (κ1) is 19.6. The van der Waals surface area contributed by atoms with Crippen LogP contribution in [0.4, 0.5) is 0 Å². The molecule has 0 amide bonds. The molecule has 0 aromatic heterocycles. The Morgan fingerprint density at radius 3 is 2.67 bits per heavy atom. The topological polar surface area (TPSA) is 81.3 Å². The number of carbonyl (C=O) groups is 1. The molecule has 156 valence electrons. The summed E-state index contributed by atoms with van der Waals surface area (Å²) in [6.07, 6.45) is 7.83. The monoisotopic (exact) mass is 403 g/mol. The molecular weight excluding hydrogens is 374 g/mol. The zero-order chi connectivity index (χ0) is 21.1. The van der Waals surface area contributed by atoms with Gasteiger partial charge in [0.15, 0.2) is 5.78 Å². The van der Waals surface area contributed by atoms with E-state index < -0.39 is 5.60 Å². The fraction of sp³-hybridized carbons (Fsp3) is 0.538. The first-order valence-electron chi connectivity index (χ1n) is 11.2. The average molecular weight is 404 g/mol. The SMILES string of the molecule is C[C@]12C[C@H](c3ccc(O)cc3)C3=C4CCC(=O)C=C4CC[C@H]3[C@@H]1CC[C@@]2(O)CC#N. The number of nitrogens with zero attached hydrogens (tertiary/aromatic N) is 1. The van der Waals surface area contributed by atoms with Crippen LogP contribution in [0.15, 0.2) is 47.1 Å². The lowest BCUT2D eigenvalue weighted by Crippen LogP contribution is -2.51. The standard InChI is InChI=1S/C26H29NO3/c1-25-15-22(16-2-5-18(28)6-3-16)24-20-9-7-19(29)14-17(20)4-8-21(24)23(25)10-11-26(25,30)12-13-27/h2-3,5-6,14,21-23,28,30H,4,7-12,15H2,1H3/t21-,22+,23-,25-,26+/m0/s1. The maximum Gasteiger partial charge on any atom is 0.156 e. The number of allylic oxidation sites excluding steroid dienone is 4. The van der Waals surface area contributed by atoms with Crippen molar-refractivity contribution in [3.05, 3.63) is 52.6 Å². The summed E-state index contributed by atoms with van der Waals surface area (Å²) < 4.78 is 0. The second-order valence-corrected chi connectivity index (χ2v) is 9.99. The fourth-order valence-corrected chi connectivity index (χ4v) is 7.18. The number of benzene rings is 1. The van der Waals surface area contributed by atoms with Gasteiger partial charge in [0.1, 0.15) is 5.75 Å². The second-order valence-electron chi connectivity index (χ2n) is 9.99. The first-order chi connectivity index (χ1) is 14.4. The quantitative estimate of drug-likeness (QED) is 0.733. The number of aliphatic hydroxyl groups is 1. The first-order valence-corrected chi connectivity index (χ1v) is 11.2. The number of nitriles is 1. The highest BCUT2D eigenvalue weighted by Gasteiger charge is 2.62. The summed E-state index contributed by atoms with van der Waals surface area (Å²) in [5.41, 5.74) is 3.96. The third-order valence-corrected chi connectivity index (χ3v) is 8.72. The normalized spacial score (nSPS) is 37.7. The molecule has 0 aliphatic heterocycles. The van der Waals surface area contributed by atoms with Crippen LogP contribution in [0.2, 0.25) is 0 Å². The molecule has 0 saturated heterocycles. The maximum absolute atomic E-state index is 12.1. The Morgan fingerprint density at radius 1 is 1.17 bits per heavy atom. The molecule has 2 saturated carbocycles. The molecule has 0 radical (unpaired) electrons. The highest BCUT2D eigenvalue weighted by molar-refractivity contribution is 5.93. The van der Waals surface area contributed by atoms with Gasteiger partial charge in [-0.1, -0.05) is 24.6 Å². The predicted octanol–water partition coefficient (Wildman–Crippen LogP) is 4.94. The number of hydrogen-bond acceptors (Lipinski definition) is 4. The molecule has 4 aliphatic rings. The molecule has 4 nitrogen and oxygen atoms in total. The van der Waals surface area contributed by atoms with Gasteiger partial charge in [-0.25, -0.2) is 0 Å². The van der Waals surface area contributed by atoms with Gasteiger partial charge in [0.2, 0.25) is 0 Å². The van der Waals surface area contributed by atoms with Crippen molar-refractivity contribution in [2.75, 3.05) is 0 Å². The molecule has 5 rings (SSSR count). The van der Waals surface area contributed by atoms with E-state index in [1.54, 1.807) is 12.1 Å². The molecule has 1 aromatic carbocycles. The maximum atomic E-state index is 12.1. The molecule has 0 heterocycles. The van der Waals surface area contributed by atoms with Crippen molar-refractivity contribution in [3.8, 4) is 11.8 Å². The Labute approximate surface area is 177 Å². The molecule has 0 bridgehead atoms. The molecule has 2 fully saturated rings. The lowest BCUT2D eigenvalue weighted by atomic mass is 9.51. The minimum Gasteiger partial charge on any atom is -0.508 e. The van der Waals surface area contributed by atoms with Crippen LogP contribution in [0, 0.1) is 28.6 Å². The van der Waals surface area contributed by atoms with Gasteiger partial charge < -0.3 is 10.2 Å². The summed E-state index contributed by atoms with van der Waals surface area (Å²) in [5, 5.41) is 30.8. The molecule has 0 unspecified atom stereocenters. The Kier molecular flexibility index (Phi) is 4.45. The van der Waals surface area contributed by atoms with Crippen molar-refractivity contribution in [2.24, 2.45) is 17.3 Å². The summed E-state index contributed by atoms with van der Waals surface area (Å²) in [4.78, 5) is 12.1. The number of carbonyl (C=O) groups excluding carboxylic acids is 1. The molecule has 2 N–H and O–H groups in total. The smallest absolute Gasteiger partial charge is 0.156 e. The number of phenolic OH excluding ortho intramolecular Hbond substituents is 1. The Morgan fingerprint density at radius 2 is 1.93 bits per heavy atom. The third-order valence-electron chi connectivity index (χ3n) is 8.72. The molecule has 4 aliphatic carbocycles. The van der Waals surface area contributed by atoms with E-state index in [-0.39, 0.29) is 29.3 Å². The molecule has 30 heavy (non-hydrogen) atoms. The van der Waals surface area contributed by atoms with Gasteiger partial charge in [-0.2, -0.15) is 5.26 Å². The van der Waals surface area contributed by atoms with Crippen molar-refractivity contribution >= 4 is 5.78 Å². The second kappa shape index (κ2) is 6.82. The van der Waals surface area contributed by atoms with Gasteiger partial charge in [0.25, 0.3) is 0 Å². The molecule has 4 heteroatoms. The summed E-state index contributed by atoms with van der Waals surface area (Å²) in [7, 11) is 0. The third kappa shape index (κ3) is 2.72. The summed E-state index contributed by atoms with van der Waals surface area (Å²) in [6, 6.07) is 9.73. The summed E-state index contributed by atoms with van der Waals surface area (Å²) >= 11 is 0. The van der Waals surface area contributed by atoms with Gasteiger partial charge in [0.05, 0.1) is 18.1 Å². The average Bonchev–Trinajstić information content (AvgIpc) is 2.98. The Bertz CT molecular complexity index is 998.